The van der Waals surface area contributed by atoms with Crippen LogP contribution in [0.1, 0.15) is 31.9 Å². The minimum atomic E-state index is 0.175. The maximum absolute atomic E-state index is 6.03. The average Bonchev–Trinajstić information content (AvgIpc) is 2.35. The summed E-state index contributed by atoms with van der Waals surface area (Å²) in [7, 11) is 0. The van der Waals surface area contributed by atoms with Gasteiger partial charge in [-0.05, 0) is 37.1 Å². The van der Waals surface area contributed by atoms with Gasteiger partial charge in [0.15, 0.2) is 0 Å². The number of hydrogen-bond donors (Lipinski definition) is 0. The van der Waals surface area contributed by atoms with Crippen molar-refractivity contribution in [3.63, 3.8) is 0 Å². The SMILES string of the molecule is C/C=C\c1c(C)ccc2c(Cl)nc(Cl)nc12.CC. The second-order valence-electron chi connectivity index (χ2n) is 3.48. The normalized spacial score (nSPS) is 10.6. The van der Waals surface area contributed by atoms with Crippen molar-refractivity contribution in [2.75, 3.05) is 0 Å². The number of halogens is 2. The largest absolute Gasteiger partial charge is 0.224 e. The quantitative estimate of drug-likeness (QED) is 0.524. The molecule has 0 bridgehead atoms. The molecule has 4 heteroatoms. The number of fused-ring (bicyclic) bond motifs is 1. The fourth-order valence-electron chi connectivity index (χ4n) is 1.63. The first-order valence-electron chi connectivity index (χ1n) is 5.88. The van der Waals surface area contributed by atoms with E-state index in [0.717, 1.165) is 22.0 Å². The third-order valence-corrected chi connectivity index (χ3v) is 2.84. The molecule has 18 heavy (non-hydrogen) atoms. The smallest absolute Gasteiger partial charge is 0.217 e. The Hall–Kier alpha value is -1.12. The summed E-state index contributed by atoms with van der Waals surface area (Å²) in [6.45, 7) is 7.99. The summed E-state index contributed by atoms with van der Waals surface area (Å²) >= 11 is 11.8. The zero-order valence-electron chi connectivity index (χ0n) is 11.0. The van der Waals surface area contributed by atoms with Gasteiger partial charge in [0, 0.05) is 10.9 Å². The first-order valence-corrected chi connectivity index (χ1v) is 6.64. The molecule has 0 amide bonds. The summed E-state index contributed by atoms with van der Waals surface area (Å²) in [5.41, 5.74) is 2.96. The summed E-state index contributed by atoms with van der Waals surface area (Å²) in [6, 6.07) is 3.91. The molecule has 0 spiro atoms. The molecule has 96 valence electrons. The van der Waals surface area contributed by atoms with E-state index < -0.39 is 0 Å². The van der Waals surface area contributed by atoms with E-state index in [1.165, 1.54) is 0 Å². The van der Waals surface area contributed by atoms with Crippen LogP contribution in [0.4, 0.5) is 0 Å². The summed E-state index contributed by atoms with van der Waals surface area (Å²) < 4.78 is 0. The molecule has 0 fully saturated rings. The van der Waals surface area contributed by atoms with Crippen LogP contribution in [-0.2, 0) is 0 Å². The molecule has 0 saturated heterocycles. The van der Waals surface area contributed by atoms with Gasteiger partial charge in [0.05, 0.1) is 5.52 Å². The van der Waals surface area contributed by atoms with E-state index in [1.807, 2.05) is 52.0 Å². The molecule has 0 radical (unpaired) electrons. The van der Waals surface area contributed by atoms with Gasteiger partial charge in [0.1, 0.15) is 5.15 Å². The number of allylic oxidation sites excluding steroid dienone is 1. The van der Waals surface area contributed by atoms with E-state index in [1.54, 1.807) is 0 Å². The van der Waals surface area contributed by atoms with Gasteiger partial charge < -0.3 is 0 Å². The average molecular weight is 283 g/mol. The number of nitrogens with zero attached hydrogens (tertiary/aromatic N) is 2. The molecule has 2 nitrogen and oxygen atoms in total. The Balaban J connectivity index is 0.000000771. The summed E-state index contributed by atoms with van der Waals surface area (Å²) in [6.07, 6.45) is 3.96. The maximum Gasteiger partial charge on any atom is 0.224 e. The number of aryl methyl sites for hydroxylation is 1. The van der Waals surface area contributed by atoms with E-state index in [2.05, 4.69) is 9.97 Å². The van der Waals surface area contributed by atoms with E-state index >= 15 is 0 Å². The Morgan fingerprint density at radius 3 is 2.39 bits per heavy atom. The van der Waals surface area contributed by atoms with Crippen LogP contribution < -0.4 is 0 Å². The van der Waals surface area contributed by atoms with Crippen molar-refractivity contribution in [1.82, 2.24) is 9.97 Å². The molecule has 0 aliphatic rings. The Bertz CT molecular complexity index is 578. The Morgan fingerprint density at radius 1 is 1.11 bits per heavy atom. The lowest BCUT2D eigenvalue weighted by molar-refractivity contribution is 1.21. The van der Waals surface area contributed by atoms with E-state index in [-0.39, 0.29) is 5.28 Å². The number of aromatic nitrogens is 2. The van der Waals surface area contributed by atoms with Gasteiger partial charge in [0.25, 0.3) is 0 Å². The predicted molar refractivity (Wildman–Crippen MR) is 80.4 cm³/mol. The third-order valence-electron chi connectivity index (χ3n) is 2.39. The highest BCUT2D eigenvalue weighted by molar-refractivity contribution is 6.35. The number of benzene rings is 1. The Kier molecular flexibility index (Phi) is 5.57. The molecule has 0 N–H and O–H groups in total. The standard InChI is InChI=1S/C12H10Cl2N2.C2H6/c1-3-4-8-7(2)5-6-9-10(8)15-12(14)16-11(9)13;1-2/h3-6H,1-2H3;1-2H3/b4-3-;. The van der Waals surface area contributed by atoms with Gasteiger partial charge in [-0.25, -0.2) is 9.97 Å². The molecular formula is C14H16Cl2N2. The summed E-state index contributed by atoms with van der Waals surface area (Å²) in [5.74, 6) is 0. The lowest BCUT2D eigenvalue weighted by Gasteiger charge is -2.06. The van der Waals surface area contributed by atoms with E-state index in [0.29, 0.717) is 5.15 Å². The van der Waals surface area contributed by atoms with Gasteiger partial charge in [-0.15, -0.1) is 0 Å². The topological polar surface area (TPSA) is 25.8 Å². The molecule has 2 aromatic rings. The van der Waals surface area contributed by atoms with Crippen molar-refractivity contribution in [1.29, 1.82) is 0 Å². The molecule has 0 aliphatic carbocycles. The van der Waals surface area contributed by atoms with Crippen molar-refractivity contribution in [2.24, 2.45) is 0 Å². The van der Waals surface area contributed by atoms with Gasteiger partial charge in [-0.1, -0.05) is 43.7 Å². The van der Waals surface area contributed by atoms with Crippen LogP contribution in [0.5, 0.6) is 0 Å². The van der Waals surface area contributed by atoms with Crippen molar-refractivity contribution < 1.29 is 0 Å². The third kappa shape index (κ3) is 3.01. The van der Waals surface area contributed by atoms with Crippen molar-refractivity contribution in [3.05, 3.63) is 39.8 Å². The minimum absolute atomic E-state index is 0.175. The monoisotopic (exact) mass is 282 g/mol. The van der Waals surface area contributed by atoms with Crippen LogP contribution in [-0.4, -0.2) is 9.97 Å². The predicted octanol–water partition coefficient (Wildman–Crippen LogP) is 5.30. The van der Waals surface area contributed by atoms with Crippen LogP contribution >= 0.6 is 23.2 Å². The lowest BCUT2D eigenvalue weighted by atomic mass is 10.0. The zero-order valence-corrected chi connectivity index (χ0v) is 12.5. The number of hydrogen-bond acceptors (Lipinski definition) is 2. The highest BCUT2D eigenvalue weighted by atomic mass is 35.5. The molecule has 0 saturated carbocycles. The molecule has 2 rings (SSSR count). The zero-order chi connectivity index (χ0) is 13.7. The summed E-state index contributed by atoms with van der Waals surface area (Å²) in [5, 5.41) is 1.39. The second kappa shape index (κ2) is 6.72. The first-order chi connectivity index (χ1) is 8.63. The van der Waals surface area contributed by atoms with Gasteiger partial charge in [0.2, 0.25) is 5.28 Å². The van der Waals surface area contributed by atoms with Crippen LogP contribution in [0, 0.1) is 6.92 Å². The van der Waals surface area contributed by atoms with Crippen LogP contribution in [0.25, 0.3) is 17.0 Å². The van der Waals surface area contributed by atoms with Gasteiger partial charge in [-0.3, -0.25) is 0 Å². The van der Waals surface area contributed by atoms with Crippen molar-refractivity contribution in [2.45, 2.75) is 27.7 Å². The van der Waals surface area contributed by atoms with Crippen molar-refractivity contribution >= 4 is 40.2 Å². The highest BCUT2D eigenvalue weighted by Crippen LogP contribution is 2.27. The van der Waals surface area contributed by atoms with Gasteiger partial charge >= 0.3 is 0 Å². The van der Waals surface area contributed by atoms with Crippen LogP contribution in [0.2, 0.25) is 10.4 Å². The lowest BCUT2D eigenvalue weighted by Crippen LogP contribution is -1.91. The molecular weight excluding hydrogens is 267 g/mol. The fourth-order valence-corrected chi connectivity index (χ4v) is 2.08. The molecule has 0 atom stereocenters. The molecule has 1 aromatic carbocycles. The van der Waals surface area contributed by atoms with E-state index in [4.69, 9.17) is 23.2 Å². The summed E-state index contributed by atoms with van der Waals surface area (Å²) in [4.78, 5) is 8.16. The minimum Gasteiger partial charge on any atom is -0.217 e. The van der Waals surface area contributed by atoms with Gasteiger partial charge in [-0.2, -0.15) is 0 Å². The highest BCUT2D eigenvalue weighted by Gasteiger charge is 2.09. The Morgan fingerprint density at radius 2 is 1.78 bits per heavy atom. The fraction of sp³-hybridized carbons (Fsp3) is 0.286. The van der Waals surface area contributed by atoms with Crippen molar-refractivity contribution in [3.8, 4) is 0 Å². The molecule has 0 unspecified atom stereocenters. The first kappa shape index (κ1) is 14.9. The maximum atomic E-state index is 6.03. The molecule has 0 aliphatic heterocycles. The molecule has 1 aromatic heterocycles. The van der Waals surface area contributed by atoms with Crippen LogP contribution in [0.15, 0.2) is 18.2 Å². The number of rotatable bonds is 1. The van der Waals surface area contributed by atoms with Crippen LogP contribution in [0.3, 0.4) is 0 Å². The second-order valence-corrected chi connectivity index (χ2v) is 4.17. The molecule has 1 heterocycles. The van der Waals surface area contributed by atoms with E-state index in [9.17, 15) is 0 Å². The Labute approximate surface area is 118 Å².